The monoisotopic (exact) mass is 303 g/mol. The smallest absolute Gasteiger partial charge is 0.141 e. The average molecular weight is 304 g/mol. The first-order chi connectivity index (χ1) is 7.93. The number of rotatable bonds is 2. The Morgan fingerprint density at radius 3 is 2.88 bits per heavy atom. The molecule has 1 N–H and O–H groups in total. The van der Waals surface area contributed by atoms with Crippen molar-refractivity contribution in [3.8, 4) is 5.75 Å². The van der Waals surface area contributed by atoms with Crippen molar-refractivity contribution in [3.63, 3.8) is 0 Å². The highest BCUT2D eigenvalue weighted by Crippen LogP contribution is 2.41. The fourth-order valence-electron chi connectivity index (χ4n) is 2.09. The summed E-state index contributed by atoms with van der Waals surface area (Å²) in [5, 5.41) is 0. The van der Waals surface area contributed by atoms with Crippen LogP contribution in [0.2, 0.25) is 0 Å². The van der Waals surface area contributed by atoms with Crippen LogP contribution in [0.1, 0.15) is 31.9 Å². The summed E-state index contributed by atoms with van der Waals surface area (Å²) in [6.07, 6.45) is 0.756. The summed E-state index contributed by atoms with van der Waals surface area (Å²) in [5.41, 5.74) is 3.48. The van der Waals surface area contributed by atoms with Crippen molar-refractivity contribution in [2.75, 3.05) is 7.11 Å². The molecule has 1 aliphatic rings. The molecule has 0 radical (unpaired) electrons. The molecule has 0 aliphatic carbocycles. The Labute approximate surface area is 108 Å². The van der Waals surface area contributed by atoms with Crippen molar-refractivity contribution in [1.29, 1.82) is 0 Å². The fraction of sp³-hybridized carbons (Fsp3) is 0.500. The molecule has 0 amide bonds. The molecule has 1 atom stereocenters. The van der Waals surface area contributed by atoms with Crippen LogP contribution < -0.4 is 10.2 Å². The van der Waals surface area contributed by atoms with E-state index >= 15 is 0 Å². The first-order valence-corrected chi connectivity index (χ1v) is 6.19. The van der Waals surface area contributed by atoms with Crippen LogP contribution in [0.4, 0.5) is 4.39 Å². The van der Waals surface area contributed by atoms with Gasteiger partial charge in [-0.2, -0.15) is 5.48 Å². The number of hydrogen-bond acceptors (Lipinski definition) is 3. The lowest BCUT2D eigenvalue weighted by Gasteiger charge is -2.37. The van der Waals surface area contributed by atoms with Crippen molar-refractivity contribution in [2.45, 2.75) is 31.9 Å². The number of benzene rings is 1. The number of ether oxygens (including phenoxy) is 1. The lowest BCUT2D eigenvalue weighted by atomic mass is 9.90. The second kappa shape index (κ2) is 4.55. The molecule has 1 aromatic rings. The molecule has 1 unspecified atom stereocenters. The largest absolute Gasteiger partial charge is 0.487 e. The van der Waals surface area contributed by atoms with Gasteiger partial charge in [0.2, 0.25) is 0 Å². The number of halogens is 2. The van der Waals surface area contributed by atoms with Crippen LogP contribution in [0, 0.1) is 5.82 Å². The molecule has 1 aromatic carbocycles. The van der Waals surface area contributed by atoms with E-state index in [0.717, 1.165) is 12.0 Å². The lowest BCUT2D eigenvalue weighted by Crippen LogP contribution is -2.39. The third-order valence-electron chi connectivity index (χ3n) is 2.77. The van der Waals surface area contributed by atoms with Crippen LogP contribution in [0.25, 0.3) is 0 Å². The van der Waals surface area contributed by atoms with Crippen LogP contribution in [-0.2, 0) is 4.84 Å². The zero-order valence-corrected chi connectivity index (χ0v) is 11.6. The molecule has 2 rings (SSSR count). The van der Waals surface area contributed by atoms with E-state index in [-0.39, 0.29) is 17.5 Å². The second-order valence-electron chi connectivity index (χ2n) is 4.74. The minimum Gasteiger partial charge on any atom is -0.487 e. The number of fused-ring (bicyclic) bond motifs is 1. The third kappa shape index (κ3) is 2.61. The minimum atomic E-state index is -0.344. The molecule has 0 aromatic heterocycles. The van der Waals surface area contributed by atoms with Crippen molar-refractivity contribution in [1.82, 2.24) is 5.48 Å². The Hall–Kier alpha value is -0.650. The maximum Gasteiger partial charge on any atom is 0.141 e. The Morgan fingerprint density at radius 1 is 1.53 bits per heavy atom. The molecule has 0 saturated heterocycles. The first kappa shape index (κ1) is 12.8. The van der Waals surface area contributed by atoms with Gasteiger partial charge >= 0.3 is 0 Å². The summed E-state index contributed by atoms with van der Waals surface area (Å²) in [5.74, 6) is 0.245. The van der Waals surface area contributed by atoms with Gasteiger partial charge < -0.3 is 9.57 Å². The van der Waals surface area contributed by atoms with Crippen LogP contribution in [0.15, 0.2) is 16.6 Å². The molecule has 3 nitrogen and oxygen atoms in total. The van der Waals surface area contributed by atoms with Gasteiger partial charge in [0.05, 0.1) is 17.6 Å². The predicted octanol–water partition coefficient (Wildman–Crippen LogP) is 3.34. The van der Waals surface area contributed by atoms with Gasteiger partial charge in [-0.3, -0.25) is 0 Å². The lowest BCUT2D eigenvalue weighted by molar-refractivity contribution is 0.00273. The molecule has 0 fully saturated rings. The highest BCUT2D eigenvalue weighted by Gasteiger charge is 2.34. The van der Waals surface area contributed by atoms with Gasteiger partial charge in [0.1, 0.15) is 17.2 Å². The standard InChI is InChI=1S/C12H15BrFNO2/c1-12(2)6-10(15-16-3)7-4-8(13)9(14)5-11(7)17-12/h4-5,10,15H,6H2,1-3H3. The van der Waals surface area contributed by atoms with Gasteiger partial charge in [-0.25, -0.2) is 4.39 Å². The van der Waals surface area contributed by atoms with Crippen LogP contribution in [0.5, 0.6) is 5.75 Å². The summed E-state index contributed by atoms with van der Waals surface area (Å²) in [6.45, 7) is 3.94. The minimum absolute atomic E-state index is 0.00403. The molecule has 0 saturated carbocycles. The van der Waals surface area contributed by atoms with Gasteiger partial charge in [-0.15, -0.1) is 0 Å². The Kier molecular flexibility index (Phi) is 3.43. The SMILES string of the molecule is CONC1CC(C)(C)Oc2cc(F)c(Br)cc21. The second-order valence-corrected chi connectivity index (χ2v) is 5.60. The Balaban J connectivity index is 2.45. The zero-order chi connectivity index (χ0) is 12.6. The number of hydroxylamine groups is 1. The third-order valence-corrected chi connectivity index (χ3v) is 3.38. The Morgan fingerprint density at radius 2 is 2.24 bits per heavy atom. The molecular weight excluding hydrogens is 289 g/mol. The number of hydrogen-bond donors (Lipinski definition) is 1. The van der Waals surface area contributed by atoms with Gasteiger partial charge in [0.15, 0.2) is 0 Å². The van der Waals surface area contributed by atoms with Crippen molar-refractivity contribution in [2.24, 2.45) is 0 Å². The molecule has 1 aliphatic heterocycles. The average Bonchev–Trinajstić information content (AvgIpc) is 2.20. The van der Waals surface area contributed by atoms with Crippen LogP contribution in [0.3, 0.4) is 0 Å². The molecule has 1 heterocycles. The first-order valence-electron chi connectivity index (χ1n) is 5.39. The molecule has 0 bridgehead atoms. The van der Waals surface area contributed by atoms with Crippen molar-refractivity contribution < 1.29 is 14.0 Å². The highest BCUT2D eigenvalue weighted by molar-refractivity contribution is 9.10. The van der Waals surface area contributed by atoms with E-state index < -0.39 is 0 Å². The van der Waals surface area contributed by atoms with Crippen molar-refractivity contribution in [3.05, 3.63) is 28.0 Å². The quantitative estimate of drug-likeness (QED) is 0.850. The summed E-state index contributed by atoms with van der Waals surface area (Å²) in [4.78, 5) is 4.99. The van der Waals surface area contributed by atoms with Crippen LogP contribution in [-0.4, -0.2) is 12.7 Å². The van der Waals surface area contributed by atoms with Gasteiger partial charge in [0, 0.05) is 18.1 Å². The molecule has 94 valence electrons. The van der Waals surface area contributed by atoms with E-state index in [1.165, 1.54) is 6.07 Å². The normalized spacial score (nSPS) is 21.8. The molecule has 0 spiro atoms. The van der Waals surface area contributed by atoms with Crippen LogP contribution >= 0.6 is 15.9 Å². The van der Waals surface area contributed by atoms with E-state index in [9.17, 15) is 4.39 Å². The van der Waals surface area contributed by atoms with E-state index in [4.69, 9.17) is 9.57 Å². The highest BCUT2D eigenvalue weighted by atomic mass is 79.9. The van der Waals surface area contributed by atoms with E-state index in [1.54, 1.807) is 13.2 Å². The fourth-order valence-corrected chi connectivity index (χ4v) is 2.45. The maximum atomic E-state index is 13.5. The van der Waals surface area contributed by atoms with E-state index in [2.05, 4.69) is 21.4 Å². The predicted molar refractivity (Wildman–Crippen MR) is 66.3 cm³/mol. The van der Waals surface area contributed by atoms with Crippen molar-refractivity contribution >= 4 is 15.9 Å². The molecular formula is C12H15BrFNO2. The van der Waals surface area contributed by atoms with E-state index in [1.807, 2.05) is 13.8 Å². The summed E-state index contributed by atoms with van der Waals surface area (Å²) < 4.78 is 19.7. The summed E-state index contributed by atoms with van der Waals surface area (Å²) in [6, 6.07) is 3.14. The summed E-state index contributed by atoms with van der Waals surface area (Å²) in [7, 11) is 1.57. The zero-order valence-electron chi connectivity index (χ0n) is 10.0. The molecule has 5 heteroatoms. The van der Waals surface area contributed by atoms with Gasteiger partial charge in [0.25, 0.3) is 0 Å². The van der Waals surface area contributed by atoms with E-state index in [0.29, 0.717) is 10.2 Å². The Bertz CT molecular complexity index is 437. The van der Waals surface area contributed by atoms with Gasteiger partial charge in [-0.1, -0.05) is 0 Å². The molecule has 17 heavy (non-hydrogen) atoms. The summed E-state index contributed by atoms with van der Waals surface area (Å²) >= 11 is 3.18. The topological polar surface area (TPSA) is 30.5 Å². The number of nitrogens with one attached hydrogen (secondary N) is 1. The maximum absolute atomic E-state index is 13.5. The van der Waals surface area contributed by atoms with Gasteiger partial charge in [-0.05, 0) is 35.8 Å².